The van der Waals surface area contributed by atoms with Crippen LogP contribution in [-0.4, -0.2) is 49.7 Å². The van der Waals surface area contributed by atoms with E-state index in [4.69, 9.17) is 10.5 Å². The molecule has 1 saturated heterocycles. The number of hydrogen-bond acceptors (Lipinski definition) is 4. The van der Waals surface area contributed by atoms with Crippen molar-refractivity contribution < 1.29 is 9.53 Å². The fraction of sp³-hybridized carbons (Fsp3) is 0.562. The number of rotatable bonds is 5. The molecule has 1 amide bonds. The van der Waals surface area contributed by atoms with Gasteiger partial charge in [-0.05, 0) is 31.4 Å². The molecule has 0 radical (unpaired) electrons. The Morgan fingerprint density at radius 3 is 2.82 bits per heavy atom. The van der Waals surface area contributed by atoms with Crippen LogP contribution in [0, 0.1) is 6.92 Å². The van der Waals surface area contributed by atoms with Crippen LogP contribution in [0.1, 0.15) is 18.4 Å². The van der Waals surface area contributed by atoms with Crippen molar-refractivity contribution in [3.63, 3.8) is 0 Å². The number of anilines is 1. The van der Waals surface area contributed by atoms with E-state index in [0.29, 0.717) is 13.1 Å². The molecule has 1 aliphatic rings. The highest BCUT2D eigenvalue weighted by atomic mass is 35.5. The summed E-state index contributed by atoms with van der Waals surface area (Å²) in [6, 6.07) is 8.01. The number of aryl methyl sites for hydroxylation is 1. The van der Waals surface area contributed by atoms with E-state index in [1.807, 2.05) is 31.2 Å². The summed E-state index contributed by atoms with van der Waals surface area (Å²) in [6.45, 7) is 3.77. The van der Waals surface area contributed by atoms with E-state index < -0.39 is 0 Å². The molecule has 2 unspecified atom stereocenters. The van der Waals surface area contributed by atoms with Crippen molar-refractivity contribution in [2.75, 3.05) is 32.1 Å². The van der Waals surface area contributed by atoms with Gasteiger partial charge in [0.2, 0.25) is 5.91 Å². The van der Waals surface area contributed by atoms with Crippen molar-refractivity contribution in [1.29, 1.82) is 0 Å². The lowest BCUT2D eigenvalue weighted by Gasteiger charge is -2.37. The third kappa shape index (κ3) is 4.95. The number of nitrogens with one attached hydrogen (secondary N) is 1. The SMILES string of the molecule is COC1CCN(CC(=O)Nc2ccccc2C)C(CN)C1.Cl. The van der Waals surface area contributed by atoms with Crippen LogP contribution in [0.15, 0.2) is 24.3 Å². The molecule has 22 heavy (non-hydrogen) atoms. The van der Waals surface area contributed by atoms with Crippen molar-refractivity contribution in [1.82, 2.24) is 4.90 Å². The van der Waals surface area contributed by atoms with E-state index >= 15 is 0 Å². The standard InChI is InChI=1S/C16H25N3O2.ClH/c1-12-5-3-4-6-15(12)18-16(20)11-19-8-7-14(21-2)9-13(19)10-17;/h3-6,13-14H,7-11,17H2,1-2H3,(H,18,20);1H. The van der Waals surface area contributed by atoms with Crippen LogP contribution in [0.2, 0.25) is 0 Å². The highest BCUT2D eigenvalue weighted by Crippen LogP contribution is 2.19. The second-order valence-electron chi connectivity index (χ2n) is 5.61. The van der Waals surface area contributed by atoms with Gasteiger partial charge in [0.05, 0.1) is 12.6 Å². The first kappa shape index (κ1) is 18.9. The Morgan fingerprint density at radius 1 is 1.45 bits per heavy atom. The maximum Gasteiger partial charge on any atom is 0.238 e. The molecule has 1 heterocycles. The highest BCUT2D eigenvalue weighted by molar-refractivity contribution is 5.92. The molecule has 6 heteroatoms. The molecule has 1 fully saturated rings. The van der Waals surface area contributed by atoms with E-state index in [2.05, 4.69) is 10.2 Å². The fourth-order valence-electron chi connectivity index (χ4n) is 2.82. The Bertz CT molecular complexity index is 484. The van der Waals surface area contributed by atoms with Gasteiger partial charge < -0.3 is 15.8 Å². The zero-order valence-electron chi connectivity index (χ0n) is 13.2. The molecule has 5 nitrogen and oxygen atoms in total. The van der Waals surface area contributed by atoms with E-state index in [1.54, 1.807) is 7.11 Å². The largest absolute Gasteiger partial charge is 0.381 e. The van der Waals surface area contributed by atoms with Crippen LogP contribution in [-0.2, 0) is 9.53 Å². The van der Waals surface area contributed by atoms with Gasteiger partial charge in [-0.3, -0.25) is 9.69 Å². The minimum atomic E-state index is 0. The van der Waals surface area contributed by atoms with Crippen LogP contribution in [0.25, 0.3) is 0 Å². The third-order valence-electron chi connectivity index (χ3n) is 4.16. The third-order valence-corrected chi connectivity index (χ3v) is 4.16. The molecule has 0 bridgehead atoms. The number of carbonyl (C=O) groups is 1. The summed E-state index contributed by atoms with van der Waals surface area (Å²) in [7, 11) is 1.73. The molecular weight excluding hydrogens is 302 g/mol. The summed E-state index contributed by atoms with van der Waals surface area (Å²) in [6.07, 6.45) is 2.10. The first-order valence-corrected chi connectivity index (χ1v) is 7.46. The molecule has 1 aromatic rings. The summed E-state index contributed by atoms with van der Waals surface area (Å²) >= 11 is 0. The van der Waals surface area contributed by atoms with Crippen molar-refractivity contribution in [2.24, 2.45) is 5.73 Å². The number of methoxy groups -OCH3 is 1. The maximum absolute atomic E-state index is 12.2. The van der Waals surface area contributed by atoms with Gasteiger partial charge >= 0.3 is 0 Å². The van der Waals surface area contributed by atoms with Gasteiger partial charge in [-0.15, -0.1) is 12.4 Å². The lowest BCUT2D eigenvalue weighted by molar-refractivity contribution is -0.118. The molecule has 0 aromatic heterocycles. The molecule has 0 spiro atoms. The van der Waals surface area contributed by atoms with Gasteiger partial charge in [0.1, 0.15) is 0 Å². The van der Waals surface area contributed by atoms with E-state index in [-0.39, 0.29) is 30.5 Å². The molecule has 0 saturated carbocycles. The van der Waals surface area contributed by atoms with Crippen molar-refractivity contribution >= 4 is 24.0 Å². The Hall–Kier alpha value is -1.14. The smallest absolute Gasteiger partial charge is 0.238 e. The Kier molecular flexibility index (Phi) is 7.82. The van der Waals surface area contributed by atoms with Crippen molar-refractivity contribution in [3.05, 3.63) is 29.8 Å². The summed E-state index contributed by atoms with van der Waals surface area (Å²) in [4.78, 5) is 14.4. The van der Waals surface area contributed by atoms with Gasteiger partial charge in [0, 0.05) is 31.9 Å². The van der Waals surface area contributed by atoms with Crippen molar-refractivity contribution in [2.45, 2.75) is 31.9 Å². The lowest BCUT2D eigenvalue weighted by Crippen LogP contribution is -2.51. The van der Waals surface area contributed by atoms with Crippen LogP contribution >= 0.6 is 12.4 Å². The number of likely N-dealkylation sites (tertiary alicyclic amines) is 1. The first-order chi connectivity index (χ1) is 10.1. The molecule has 2 rings (SSSR count). The Labute approximate surface area is 138 Å². The number of halogens is 1. The molecule has 124 valence electrons. The second-order valence-corrected chi connectivity index (χ2v) is 5.61. The maximum atomic E-state index is 12.2. The van der Waals surface area contributed by atoms with Crippen LogP contribution < -0.4 is 11.1 Å². The predicted octanol–water partition coefficient (Wildman–Crippen LogP) is 1.79. The van der Waals surface area contributed by atoms with Gasteiger partial charge in [-0.2, -0.15) is 0 Å². The summed E-state index contributed by atoms with van der Waals surface area (Å²) < 4.78 is 5.41. The van der Waals surface area contributed by atoms with Gasteiger partial charge in [-0.1, -0.05) is 18.2 Å². The quantitative estimate of drug-likeness (QED) is 0.865. The molecule has 3 N–H and O–H groups in total. The zero-order valence-corrected chi connectivity index (χ0v) is 14.1. The van der Waals surface area contributed by atoms with Gasteiger partial charge in [0.25, 0.3) is 0 Å². The van der Waals surface area contributed by atoms with Gasteiger partial charge in [-0.25, -0.2) is 0 Å². The number of piperidine rings is 1. The van der Waals surface area contributed by atoms with E-state index in [1.165, 1.54) is 0 Å². The molecule has 1 aromatic carbocycles. The summed E-state index contributed by atoms with van der Waals surface area (Å²) in [5, 5.41) is 2.97. The number of nitrogens with zero attached hydrogens (tertiary/aromatic N) is 1. The fourth-order valence-corrected chi connectivity index (χ4v) is 2.82. The van der Waals surface area contributed by atoms with E-state index in [9.17, 15) is 4.79 Å². The highest BCUT2D eigenvalue weighted by Gasteiger charge is 2.28. The van der Waals surface area contributed by atoms with Crippen LogP contribution in [0.3, 0.4) is 0 Å². The minimum absolute atomic E-state index is 0. The lowest BCUT2D eigenvalue weighted by atomic mass is 9.99. The Morgan fingerprint density at radius 2 is 2.18 bits per heavy atom. The minimum Gasteiger partial charge on any atom is -0.381 e. The number of benzene rings is 1. The molecular formula is C16H26ClN3O2. The average molecular weight is 328 g/mol. The topological polar surface area (TPSA) is 67.6 Å². The van der Waals surface area contributed by atoms with Gasteiger partial charge in [0.15, 0.2) is 0 Å². The average Bonchev–Trinajstić information content (AvgIpc) is 2.50. The van der Waals surface area contributed by atoms with E-state index in [0.717, 1.165) is 30.6 Å². The number of para-hydroxylation sites is 1. The zero-order chi connectivity index (χ0) is 15.2. The van der Waals surface area contributed by atoms with Crippen molar-refractivity contribution in [3.8, 4) is 0 Å². The summed E-state index contributed by atoms with van der Waals surface area (Å²) in [5.41, 5.74) is 7.78. The number of nitrogens with two attached hydrogens (primary N) is 1. The Balaban J connectivity index is 0.00000242. The number of ether oxygens (including phenoxy) is 1. The predicted molar refractivity (Wildman–Crippen MR) is 91.5 cm³/mol. The molecule has 0 aliphatic carbocycles. The second kappa shape index (κ2) is 9.10. The first-order valence-electron chi connectivity index (χ1n) is 7.46. The summed E-state index contributed by atoms with van der Waals surface area (Å²) in [5.74, 6) is 0.0126. The monoisotopic (exact) mass is 327 g/mol. The van der Waals surface area contributed by atoms with Crippen LogP contribution in [0.5, 0.6) is 0 Å². The van der Waals surface area contributed by atoms with Crippen LogP contribution in [0.4, 0.5) is 5.69 Å². The normalized spacial score (nSPS) is 22.0. The number of carbonyl (C=O) groups excluding carboxylic acids is 1. The number of amides is 1. The number of hydrogen-bond donors (Lipinski definition) is 2. The molecule has 1 aliphatic heterocycles. The molecule has 2 atom stereocenters.